The molecule has 0 amide bonds. The third-order valence-corrected chi connectivity index (χ3v) is 3.67. The maximum atomic E-state index is 11.9. The fraction of sp³-hybridized carbons (Fsp3) is 0.462. The lowest BCUT2D eigenvalue weighted by Gasteiger charge is -2.21. The smallest absolute Gasteiger partial charge is 0.164 e. The van der Waals surface area contributed by atoms with E-state index in [-0.39, 0.29) is 11.2 Å². The number of hydrogen-bond acceptors (Lipinski definition) is 1. The van der Waals surface area contributed by atoms with Crippen LogP contribution in [0.1, 0.15) is 47.3 Å². The molecule has 15 heavy (non-hydrogen) atoms. The van der Waals surface area contributed by atoms with Crippen LogP contribution in [-0.2, 0) is 5.41 Å². The van der Waals surface area contributed by atoms with Gasteiger partial charge >= 0.3 is 0 Å². The molecule has 1 nitrogen and oxygen atoms in total. The number of Topliss-reactive ketones (excluding diaryl/α,β-unsaturated/α-hetero) is 1. The maximum Gasteiger partial charge on any atom is 0.164 e. The Kier molecular flexibility index (Phi) is 2.20. The zero-order valence-corrected chi connectivity index (χ0v) is 10.3. The van der Waals surface area contributed by atoms with E-state index in [1.165, 1.54) is 5.56 Å². The van der Waals surface area contributed by atoms with Gasteiger partial charge in [0.05, 0.1) is 0 Å². The monoisotopic (exact) mass is 222 g/mol. The average molecular weight is 223 g/mol. The van der Waals surface area contributed by atoms with E-state index >= 15 is 0 Å². The molecule has 0 atom stereocenters. The van der Waals surface area contributed by atoms with E-state index in [0.29, 0.717) is 11.4 Å². The van der Waals surface area contributed by atoms with Crippen molar-refractivity contribution in [1.29, 1.82) is 0 Å². The molecule has 0 unspecified atom stereocenters. The molecule has 0 aromatic heterocycles. The number of rotatable bonds is 0. The summed E-state index contributed by atoms with van der Waals surface area (Å²) in [5.74, 6) is 0.234. The van der Waals surface area contributed by atoms with Crippen molar-refractivity contribution in [3.63, 3.8) is 0 Å². The van der Waals surface area contributed by atoms with Crippen molar-refractivity contribution in [2.75, 3.05) is 0 Å². The Morgan fingerprint density at radius 1 is 1.33 bits per heavy atom. The third-order valence-electron chi connectivity index (χ3n) is 3.28. The summed E-state index contributed by atoms with van der Waals surface area (Å²) in [7, 11) is 0. The molecule has 0 fully saturated rings. The Labute approximate surface area is 95.4 Å². The first-order valence-electron chi connectivity index (χ1n) is 5.18. The summed E-state index contributed by atoms with van der Waals surface area (Å²) in [5, 5.41) is 0.706. The van der Waals surface area contributed by atoms with Gasteiger partial charge in [0.25, 0.3) is 0 Å². The van der Waals surface area contributed by atoms with Crippen LogP contribution < -0.4 is 0 Å². The van der Waals surface area contributed by atoms with Gasteiger partial charge in [-0.25, -0.2) is 0 Å². The number of fused-ring (bicyclic) bond motifs is 1. The summed E-state index contributed by atoms with van der Waals surface area (Å²) in [6.07, 6.45) is 0.602. The summed E-state index contributed by atoms with van der Waals surface area (Å²) in [6, 6.07) is 1.97. The van der Waals surface area contributed by atoms with Gasteiger partial charge in [-0.05, 0) is 42.0 Å². The lowest BCUT2D eigenvalue weighted by Crippen LogP contribution is -2.14. The SMILES string of the molecule is Cc1cc(Cl)c(C)c2c1C(C)(C)CC2=O. The molecule has 1 aromatic rings. The van der Waals surface area contributed by atoms with Gasteiger partial charge in [-0.1, -0.05) is 25.4 Å². The molecule has 80 valence electrons. The van der Waals surface area contributed by atoms with Gasteiger partial charge in [0, 0.05) is 17.0 Å². The van der Waals surface area contributed by atoms with Gasteiger partial charge in [-0.2, -0.15) is 0 Å². The van der Waals surface area contributed by atoms with Crippen LogP contribution in [0, 0.1) is 13.8 Å². The first kappa shape index (κ1) is 10.7. The third kappa shape index (κ3) is 1.41. The van der Waals surface area contributed by atoms with Crippen LogP contribution in [0.4, 0.5) is 0 Å². The topological polar surface area (TPSA) is 17.1 Å². The molecule has 0 bridgehead atoms. The lowest BCUT2D eigenvalue weighted by molar-refractivity contribution is 0.0979. The van der Waals surface area contributed by atoms with E-state index in [0.717, 1.165) is 16.7 Å². The van der Waals surface area contributed by atoms with Crippen molar-refractivity contribution < 1.29 is 4.79 Å². The summed E-state index contributed by atoms with van der Waals surface area (Å²) >= 11 is 6.10. The van der Waals surface area contributed by atoms with E-state index < -0.39 is 0 Å². The Morgan fingerprint density at radius 2 is 1.93 bits per heavy atom. The molecule has 1 aliphatic carbocycles. The summed E-state index contributed by atoms with van der Waals surface area (Å²) < 4.78 is 0. The number of ketones is 1. The second kappa shape index (κ2) is 3.08. The zero-order chi connectivity index (χ0) is 11.4. The number of carbonyl (C=O) groups is 1. The minimum atomic E-state index is -0.0359. The lowest BCUT2D eigenvalue weighted by atomic mass is 9.83. The molecule has 0 saturated carbocycles. The van der Waals surface area contributed by atoms with Crippen molar-refractivity contribution >= 4 is 17.4 Å². The number of carbonyl (C=O) groups excluding carboxylic acids is 1. The summed E-state index contributed by atoms with van der Waals surface area (Å²) in [4.78, 5) is 11.9. The second-order valence-electron chi connectivity index (χ2n) is 5.03. The van der Waals surface area contributed by atoms with Crippen LogP contribution in [-0.4, -0.2) is 5.78 Å². The molecule has 0 spiro atoms. The van der Waals surface area contributed by atoms with Crippen LogP contribution in [0.15, 0.2) is 6.07 Å². The van der Waals surface area contributed by atoms with E-state index in [1.807, 2.05) is 19.9 Å². The second-order valence-corrected chi connectivity index (χ2v) is 5.44. The van der Waals surface area contributed by atoms with Crippen molar-refractivity contribution in [3.05, 3.63) is 33.3 Å². The largest absolute Gasteiger partial charge is 0.294 e. The van der Waals surface area contributed by atoms with Crippen molar-refractivity contribution in [2.24, 2.45) is 0 Å². The molecule has 0 heterocycles. The molecule has 2 heteroatoms. The van der Waals surface area contributed by atoms with Crippen molar-refractivity contribution in [2.45, 2.75) is 39.5 Å². The van der Waals surface area contributed by atoms with Gasteiger partial charge in [0.15, 0.2) is 5.78 Å². The fourth-order valence-corrected chi connectivity index (χ4v) is 2.93. The highest BCUT2D eigenvalue weighted by atomic mass is 35.5. The molecule has 1 aromatic carbocycles. The van der Waals surface area contributed by atoms with Crippen LogP contribution in [0.25, 0.3) is 0 Å². The fourth-order valence-electron chi connectivity index (χ4n) is 2.67. The number of aryl methyl sites for hydroxylation is 1. The first-order valence-corrected chi connectivity index (χ1v) is 5.56. The quantitative estimate of drug-likeness (QED) is 0.652. The maximum absolute atomic E-state index is 11.9. The van der Waals surface area contributed by atoms with E-state index in [4.69, 9.17) is 11.6 Å². The molecule has 0 radical (unpaired) electrons. The highest BCUT2D eigenvalue weighted by molar-refractivity contribution is 6.32. The minimum absolute atomic E-state index is 0.0359. The van der Waals surface area contributed by atoms with Gasteiger partial charge in [0.1, 0.15) is 0 Å². The molecule has 0 N–H and O–H groups in total. The molecular weight excluding hydrogens is 208 g/mol. The highest BCUT2D eigenvalue weighted by Gasteiger charge is 2.38. The van der Waals surface area contributed by atoms with E-state index in [1.54, 1.807) is 0 Å². The molecule has 1 aliphatic rings. The first-order chi connectivity index (χ1) is 6.84. The van der Waals surface area contributed by atoms with Gasteiger partial charge < -0.3 is 0 Å². The van der Waals surface area contributed by atoms with Gasteiger partial charge in [-0.15, -0.1) is 0 Å². The van der Waals surface area contributed by atoms with Gasteiger partial charge in [-0.3, -0.25) is 4.79 Å². The number of benzene rings is 1. The van der Waals surface area contributed by atoms with Crippen molar-refractivity contribution in [3.8, 4) is 0 Å². The van der Waals surface area contributed by atoms with Crippen molar-refractivity contribution in [1.82, 2.24) is 0 Å². The predicted molar refractivity (Wildman–Crippen MR) is 62.9 cm³/mol. The molecule has 2 rings (SSSR count). The standard InChI is InChI=1S/C13H15ClO/c1-7-5-9(14)8(2)11-10(15)6-13(3,4)12(7)11/h5H,6H2,1-4H3. The minimum Gasteiger partial charge on any atom is -0.294 e. The summed E-state index contributed by atoms with van der Waals surface area (Å²) in [5.41, 5.74) is 4.09. The molecular formula is C13H15ClO. The normalized spacial score (nSPS) is 18.1. The zero-order valence-electron chi connectivity index (χ0n) is 9.57. The van der Waals surface area contributed by atoms with Crippen LogP contribution >= 0.6 is 11.6 Å². The van der Waals surface area contributed by atoms with Crippen LogP contribution in [0.3, 0.4) is 0 Å². The highest BCUT2D eigenvalue weighted by Crippen LogP contribution is 2.43. The predicted octanol–water partition coefficient (Wildman–Crippen LogP) is 3.82. The molecule has 0 aliphatic heterocycles. The number of halogens is 1. The molecule has 0 saturated heterocycles. The average Bonchev–Trinajstić information content (AvgIpc) is 2.32. The Balaban J connectivity index is 2.84. The Hall–Kier alpha value is -0.820. The van der Waals surface area contributed by atoms with Crippen LogP contribution in [0.5, 0.6) is 0 Å². The Morgan fingerprint density at radius 3 is 2.53 bits per heavy atom. The van der Waals surface area contributed by atoms with Gasteiger partial charge in [0.2, 0.25) is 0 Å². The van der Waals surface area contributed by atoms with E-state index in [9.17, 15) is 4.79 Å². The van der Waals surface area contributed by atoms with Crippen LogP contribution in [0.2, 0.25) is 5.02 Å². The van der Waals surface area contributed by atoms with E-state index in [2.05, 4.69) is 13.8 Å². The summed E-state index contributed by atoms with van der Waals surface area (Å²) in [6.45, 7) is 8.21. The number of hydrogen-bond donors (Lipinski definition) is 0. The Bertz CT molecular complexity index is 458.